The van der Waals surface area contributed by atoms with E-state index in [1.165, 1.54) is 12.1 Å². The summed E-state index contributed by atoms with van der Waals surface area (Å²) in [5.74, 6) is -1.52. The molecular formula is C19H17ClFNO4. The third-order valence-electron chi connectivity index (χ3n) is 4.17. The Labute approximate surface area is 155 Å². The lowest BCUT2D eigenvalue weighted by molar-refractivity contribution is -0.187. The number of halogens is 2. The fraction of sp³-hybridized carbons (Fsp3) is 0.263. The summed E-state index contributed by atoms with van der Waals surface area (Å²) in [6.45, 7) is 1.79. The van der Waals surface area contributed by atoms with Gasteiger partial charge in [0.15, 0.2) is 0 Å². The van der Waals surface area contributed by atoms with Gasteiger partial charge in [0, 0.05) is 11.4 Å². The van der Waals surface area contributed by atoms with E-state index >= 15 is 0 Å². The lowest BCUT2D eigenvalue weighted by Gasteiger charge is -2.31. The van der Waals surface area contributed by atoms with Crippen LogP contribution in [0, 0.1) is 5.82 Å². The van der Waals surface area contributed by atoms with E-state index in [4.69, 9.17) is 21.2 Å². The molecule has 5 nitrogen and oxygen atoms in total. The average Bonchev–Trinajstić information content (AvgIpc) is 3.01. The number of carboxylic acid groups (broad SMARTS) is 1. The van der Waals surface area contributed by atoms with E-state index in [1.54, 1.807) is 43.3 Å². The number of hydrogen-bond acceptors (Lipinski definition) is 4. The molecule has 0 bridgehead atoms. The van der Waals surface area contributed by atoms with Crippen molar-refractivity contribution in [1.29, 1.82) is 0 Å². The molecule has 0 saturated carbocycles. The van der Waals surface area contributed by atoms with Crippen molar-refractivity contribution < 1.29 is 23.9 Å². The summed E-state index contributed by atoms with van der Waals surface area (Å²) < 4.78 is 19.0. The average molecular weight is 378 g/mol. The number of rotatable bonds is 6. The second-order valence-corrected chi connectivity index (χ2v) is 6.59. The van der Waals surface area contributed by atoms with Crippen molar-refractivity contribution in [3.05, 3.63) is 70.5 Å². The first-order chi connectivity index (χ1) is 12.4. The van der Waals surface area contributed by atoms with Crippen LogP contribution in [0.1, 0.15) is 30.6 Å². The molecule has 3 rings (SSSR count). The SMILES string of the molecule is CC1=NOC(C(=O)O)(C(OCc2ccc(F)cc2)c2ccc(Cl)cc2)C1. The van der Waals surface area contributed by atoms with Crippen molar-refractivity contribution >= 4 is 23.3 Å². The molecule has 0 amide bonds. The van der Waals surface area contributed by atoms with Gasteiger partial charge in [-0.3, -0.25) is 0 Å². The van der Waals surface area contributed by atoms with Gasteiger partial charge in [-0.05, 0) is 42.3 Å². The van der Waals surface area contributed by atoms with Crippen LogP contribution in [-0.2, 0) is 21.0 Å². The van der Waals surface area contributed by atoms with Crippen LogP contribution in [0.3, 0.4) is 0 Å². The number of carbonyl (C=O) groups is 1. The van der Waals surface area contributed by atoms with E-state index in [9.17, 15) is 14.3 Å². The maximum absolute atomic E-state index is 13.1. The quantitative estimate of drug-likeness (QED) is 0.812. The number of oxime groups is 1. The van der Waals surface area contributed by atoms with Crippen LogP contribution in [0.25, 0.3) is 0 Å². The Bertz CT molecular complexity index is 822. The highest BCUT2D eigenvalue weighted by Crippen LogP contribution is 2.40. The van der Waals surface area contributed by atoms with Gasteiger partial charge in [0.1, 0.15) is 11.9 Å². The van der Waals surface area contributed by atoms with E-state index in [-0.39, 0.29) is 18.8 Å². The summed E-state index contributed by atoms with van der Waals surface area (Å²) in [7, 11) is 0. The lowest BCUT2D eigenvalue weighted by Crippen LogP contribution is -2.45. The Morgan fingerprint density at radius 3 is 2.50 bits per heavy atom. The van der Waals surface area contributed by atoms with Crippen molar-refractivity contribution in [2.24, 2.45) is 5.16 Å². The molecule has 1 heterocycles. The largest absolute Gasteiger partial charge is 0.478 e. The van der Waals surface area contributed by atoms with Gasteiger partial charge in [-0.2, -0.15) is 0 Å². The zero-order valence-corrected chi connectivity index (χ0v) is 14.7. The molecule has 2 atom stereocenters. The van der Waals surface area contributed by atoms with Crippen LogP contribution in [-0.4, -0.2) is 22.4 Å². The van der Waals surface area contributed by atoms with E-state index in [1.807, 2.05) is 0 Å². The predicted molar refractivity (Wildman–Crippen MR) is 94.6 cm³/mol. The molecule has 0 saturated heterocycles. The molecule has 0 aliphatic carbocycles. The molecule has 2 aromatic rings. The first-order valence-electron chi connectivity index (χ1n) is 7.97. The normalized spacial score (nSPS) is 20.3. The Balaban J connectivity index is 1.92. The van der Waals surface area contributed by atoms with Gasteiger partial charge in [-0.25, -0.2) is 9.18 Å². The van der Waals surface area contributed by atoms with Crippen molar-refractivity contribution in [2.45, 2.75) is 31.7 Å². The summed E-state index contributed by atoms with van der Waals surface area (Å²) in [4.78, 5) is 17.4. The van der Waals surface area contributed by atoms with Crippen molar-refractivity contribution in [3.63, 3.8) is 0 Å². The van der Waals surface area contributed by atoms with E-state index in [0.29, 0.717) is 21.9 Å². The number of aliphatic carboxylic acids is 1. The molecule has 0 fully saturated rings. The van der Waals surface area contributed by atoms with Crippen LogP contribution in [0.4, 0.5) is 4.39 Å². The Morgan fingerprint density at radius 2 is 1.96 bits per heavy atom. The van der Waals surface area contributed by atoms with Gasteiger partial charge < -0.3 is 14.7 Å². The fourth-order valence-corrected chi connectivity index (χ4v) is 3.00. The van der Waals surface area contributed by atoms with Crippen LogP contribution in [0.2, 0.25) is 5.02 Å². The monoisotopic (exact) mass is 377 g/mol. The second kappa shape index (κ2) is 7.43. The van der Waals surface area contributed by atoms with Gasteiger partial charge in [-0.15, -0.1) is 0 Å². The highest BCUT2D eigenvalue weighted by molar-refractivity contribution is 6.30. The summed E-state index contributed by atoms with van der Waals surface area (Å²) in [5.41, 5.74) is 0.208. The van der Waals surface area contributed by atoms with Gasteiger partial charge in [0.25, 0.3) is 5.60 Å². The van der Waals surface area contributed by atoms with Crippen LogP contribution < -0.4 is 0 Å². The molecule has 2 aromatic carbocycles. The first-order valence-corrected chi connectivity index (χ1v) is 8.35. The number of carboxylic acids is 1. The van der Waals surface area contributed by atoms with Crippen molar-refractivity contribution in [1.82, 2.24) is 0 Å². The van der Waals surface area contributed by atoms with Gasteiger partial charge in [0.05, 0.1) is 12.3 Å². The van der Waals surface area contributed by atoms with Crippen molar-refractivity contribution in [2.75, 3.05) is 0 Å². The minimum Gasteiger partial charge on any atom is -0.478 e. The first kappa shape index (κ1) is 18.4. The second-order valence-electron chi connectivity index (χ2n) is 6.16. The number of ether oxygens (including phenoxy) is 1. The Morgan fingerprint density at radius 1 is 1.31 bits per heavy atom. The zero-order valence-electron chi connectivity index (χ0n) is 14.0. The Kier molecular flexibility index (Phi) is 5.25. The number of benzene rings is 2. The maximum Gasteiger partial charge on any atom is 0.354 e. The third kappa shape index (κ3) is 3.71. The molecule has 0 spiro atoms. The maximum atomic E-state index is 13.1. The molecule has 2 unspecified atom stereocenters. The lowest BCUT2D eigenvalue weighted by atomic mass is 9.86. The third-order valence-corrected chi connectivity index (χ3v) is 4.42. The molecule has 0 aromatic heterocycles. The standard InChI is InChI=1S/C19H17ClFNO4/c1-12-10-19(18(23)24,26-22-12)17(14-4-6-15(20)7-5-14)25-11-13-2-8-16(21)9-3-13/h2-9,17H,10-11H2,1H3,(H,23,24). The molecule has 26 heavy (non-hydrogen) atoms. The van der Waals surface area contributed by atoms with Gasteiger partial charge in [0.2, 0.25) is 0 Å². The summed E-state index contributed by atoms with van der Waals surface area (Å²) in [6, 6.07) is 12.5. The smallest absolute Gasteiger partial charge is 0.354 e. The van der Waals surface area contributed by atoms with Crippen LogP contribution >= 0.6 is 11.6 Å². The topological polar surface area (TPSA) is 68.1 Å². The molecule has 1 aliphatic heterocycles. The van der Waals surface area contributed by atoms with E-state index < -0.39 is 17.7 Å². The van der Waals surface area contributed by atoms with Crippen molar-refractivity contribution in [3.8, 4) is 0 Å². The fourth-order valence-electron chi connectivity index (χ4n) is 2.87. The summed E-state index contributed by atoms with van der Waals surface area (Å²) >= 11 is 5.94. The van der Waals surface area contributed by atoms with Crippen LogP contribution in [0.5, 0.6) is 0 Å². The molecular weight excluding hydrogens is 361 g/mol. The molecule has 1 aliphatic rings. The van der Waals surface area contributed by atoms with Gasteiger partial charge in [-0.1, -0.05) is 41.0 Å². The number of hydrogen-bond donors (Lipinski definition) is 1. The number of nitrogens with zero attached hydrogens (tertiary/aromatic N) is 1. The van der Waals surface area contributed by atoms with E-state index in [0.717, 1.165) is 0 Å². The molecule has 0 radical (unpaired) electrons. The molecule has 7 heteroatoms. The van der Waals surface area contributed by atoms with Crippen LogP contribution in [0.15, 0.2) is 53.7 Å². The predicted octanol–water partition coefficient (Wildman–Crippen LogP) is 4.36. The zero-order chi connectivity index (χ0) is 18.7. The Hall–Kier alpha value is -2.44. The summed E-state index contributed by atoms with van der Waals surface area (Å²) in [5, 5.41) is 14.2. The van der Waals surface area contributed by atoms with Gasteiger partial charge >= 0.3 is 5.97 Å². The highest BCUT2D eigenvalue weighted by atomic mass is 35.5. The molecule has 136 valence electrons. The minimum atomic E-state index is -1.67. The minimum absolute atomic E-state index is 0.0883. The summed E-state index contributed by atoms with van der Waals surface area (Å²) in [6.07, 6.45) is -0.831. The highest BCUT2D eigenvalue weighted by Gasteiger charge is 2.54. The van der Waals surface area contributed by atoms with E-state index in [2.05, 4.69) is 5.16 Å². The molecule has 1 N–H and O–H groups in total.